The summed E-state index contributed by atoms with van der Waals surface area (Å²) in [5.41, 5.74) is 0. The second-order valence-corrected chi connectivity index (χ2v) is 5.53. The molecule has 0 amide bonds. The lowest BCUT2D eigenvalue weighted by Crippen LogP contribution is -2.37. The van der Waals surface area contributed by atoms with Crippen molar-refractivity contribution in [2.75, 3.05) is 26.8 Å². The number of guanidine groups is 1. The zero-order valence-electron chi connectivity index (χ0n) is 13.1. The number of hydrogen-bond donors (Lipinski definition) is 2. The van der Waals surface area contributed by atoms with Gasteiger partial charge in [0.2, 0.25) is 0 Å². The minimum atomic E-state index is 0. The monoisotopic (exact) mass is 426 g/mol. The van der Waals surface area contributed by atoms with Crippen LogP contribution in [0, 0.1) is 0 Å². The van der Waals surface area contributed by atoms with Crippen LogP contribution in [0.4, 0.5) is 0 Å². The summed E-state index contributed by atoms with van der Waals surface area (Å²) < 4.78 is 5.30. The minimum absolute atomic E-state index is 0. The second-order valence-electron chi connectivity index (χ2n) is 4.33. The molecule has 122 valence electrons. The first-order valence-electron chi connectivity index (χ1n) is 7.26. The Morgan fingerprint density at radius 2 is 2.14 bits per heavy atom. The molecule has 0 atom stereocenters. The van der Waals surface area contributed by atoms with Gasteiger partial charge in [-0.15, -0.1) is 35.3 Å². The van der Waals surface area contributed by atoms with E-state index in [4.69, 9.17) is 4.74 Å². The number of unbranched alkanes of at least 4 members (excludes halogenated alkanes) is 1. The number of rotatable bonds is 9. The third kappa shape index (κ3) is 9.26. The van der Waals surface area contributed by atoms with Crippen LogP contribution in [0.5, 0.6) is 0 Å². The van der Waals surface area contributed by atoms with Crippen LogP contribution in [-0.2, 0) is 17.7 Å². The van der Waals surface area contributed by atoms with Gasteiger partial charge in [-0.25, -0.2) is 4.98 Å². The van der Waals surface area contributed by atoms with Crippen molar-refractivity contribution in [2.45, 2.75) is 39.7 Å². The standard InChI is InChI=1S/C14H26N4OS.HI/c1-4-12-10-17-13(20-12)11-18-14(15-3)16-8-6-7-9-19-5-2;/h10H,4-9,11H2,1-3H3,(H2,15,16,18);1H. The van der Waals surface area contributed by atoms with Crippen molar-refractivity contribution >= 4 is 41.3 Å². The molecule has 0 radical (unpaired) electrons. The van der Waals surface area contributed by atoms with Crippen LogP contribution >= 0.6 is 35.3 Å². The average molecular weight is 426 g/mol. The molecule has 0 unspecified atom stereocenters. The lowest BCUT2D eigenvalue weighted by molar-refractivity contribution is 0.143. The highest BCUT2D eigenvalue weighted by atomic mass is 127. The van der Waals surface area contributed by atoms with E-state index in [1.54, 1.807) is 18.4 Å². The molecule has 1 rings (SSSR count). The lowest BCUT2D eigenvalue weighted by atomic mass is 10.3. The smallest absolute Gasteiger partial charge is 0.191 e. The highest BCUT2D eigenvalue weighted by molar-refractivity contribution is 14.0. The van der Waals surface area contributed by atoms with Gasteiger partial charge >= 0.3 is 0 Å². The molecule has 1 aromatic rings. The van der Waals surface area contributed by atoms with Crippen LogP contribution in [0.15, 0.2) is 11.2 Å². The Labute approximate surface area is 149 Å². The zero-order valence-corrected chi connectivity index (χ0v) is 16.3. The van der Waals surface area contributed by atoms with E-state index in [1.807, 2.05) is 13.1 Å². The minimum Gasteiger partial charge on any atom is -0.382 e. The topological polar surface area (TPSA) is 58.5 Å². The van der Waals surface area contributed by atoms with Crippen LogP contribution in [0.3, 0.4) is 0 Å². The molecule has 7 heteroatoms. The van der Waals surface area contributed by atoms with Gasteiger partial charge in [0.15, 0.2) is 5.96 Å². The van der Waals surface area contributed by atoms with Crippen molar-refractivity contribution in [1.29, 1.82) is 0 Å². The number of halogens is 1. The molecule has 0 aliphatic carbocycles. The van der Waals surface area contributed by atoms with E-state index in [0.29, 0.717) is 0 Å². The molecule has 0 fully saturated rings. The van der Waals surface area contributed by atoms with Crippen LogP contribution in [0.25, 0.3) is 0 Å². The Bertz CT molecular complexity index is 398. The first kappa shape index (κ1) is 20.6. The van der Waals surface area contributed by atoms with Gasteiger partial charge in [-0.1, -0.05) is 6.92 Å². The summed E-state index contributed by atoms with van der Waals surface area (Å²) in [5, 5.41) is 7.68. The maximum absolute atomic E-state index is 5.30. The van der Waals surface area contributed by atoms with E-state index in [-0.39, 0.29) is 24.0 Å². The van der Waals surface area contributed by atoms with Gasteiger partial charge in [0.25, 0.3) is 0 Å². The van der Waals surface area contributed by atoms with E-state index in [9.17, 15) is 0 Å². The van der Waals surface area contributed by atoms with E-state index in [0.717, 1.165) is 56.5 Å². The van der Waals surface area contributed by atoms with Crippen LogP contribution in [-0.4, -0.2) is 37.7 Å². The Hall–Kier alpha value is -0.410. The molecule has 0 aliphatic rings. The number of aryl methyl sites for hydroxylation is 1. The van der Waals surface area contributed by atoms with Crippen molar-refractivity contribution in [3.05, 3.63) is 16.1 Å². The van der Waals surface area contributed by atoms with Gasteiger partial charge in [-0.2, -0.15) is 0 Å². The van der Waals surface area contributed by atoms with Crippen molar-refractivity contribution in [3.8, 4) is 0 Å². The Balaban J connectivity index is 0.00000400. The van der Waals surface area contributed by atoms with Crippen molar-refractivity contribution in [3.63, 3.8) is 0 Å². The summed E-state index contributed by atoms with van der Waals surface area (Å²) in [6.07, 6.45) is 5.15. The van der Waals surface area contributed by atoms with Gasteiger partial charge in [-0.3, -0.25) is 4.99 Å². The molecule has 5 nitrogen and oxygen atoms in total. The third-order valence-corrected chi connectivity index (χ3v) is 3.93. The number of nitrogens with one attached hydrogen (secondary N) is 2. The highest BCUT2D eigenvalue weighted by Crippen LogP contribution is 2.12. The van der Waals surface area contributed by atoms with Gasteiger partial charge in [0, 0.05) is 37.9 Å². The first-order valence-corrected chi connectivity index (χ1v) is 8.07. The molecule has 21 heavy (non-hydrogen) atoms. The molecule has 0 aliphatic heterocycles. The third-order valence-electron chi connectivity index (χ3n) is 2.79. The molecular weight excluding hydrogens is 399 g/mol. The second kappa shape index (κ2) is 13.3. The molecule has 0 bridgehead atoms. The summed E-state index contributed by atoms with van der Waals surface area (Å²) >= 11 is 1.75. The quantitative estimate of drug-likeness (QED) is 0.276. The SMILES string of the molecule is CCOCCCCNC(=NC)NCc1ncc(CC)s1.I. The fourth-order valence-electron chi connectivity index (χ4n) is 1.65. The first-order chi connectivity index (χ1) is 9.80. The number of ether oxygens (including phenoxy) is 1. The molecule has 1 heterocycles. The predicted molar refractivity (Wildman–Crippen MR) is 101 cm³/mol. The normalized spacial score (nSPS) is 11.1. The Kier molecular flexibility index (Phi) is 13.0. The summed E-state index contributed by atoms with van der Waals surface area (Å²) in [7, 11) is 1.79. The highest BCUT2D eigenvalue weighted by Gasteiger charge is 2.02. The maximum Gasteiger partial charge on any atom is 0.191 e. The fourth-order valence-corrected chi connectivity index (χ4v) is 2.46. The number of hydrogen-bond acceptors (Lipinski definition) is 4. The van der Waals surface area contributed by atoms with Gasteiger partial charge in [0.1, 0.15) is 5.01 Å². The Morgan fingerprint density at radius 3 is 2.76 bits per heavy atom. The molecule has 2 N–H and O–H groups in total. The van der Waals surface area contributed by atoms with Gasteiger partial charge < -0.3 is 15.4 Å². The predicted octanol–water partition coefficient (Wildman–Crippen LogP) is 2.81. The number of aliphatic imine (C=N–C) groups is 1. The summed E-state index contributed by atoms with van der Waals surface area (Å²) in [6.45, 7) is 7.43. The van der Waals surface area contributed by atoms with Crippen LogP contribution in [0.2, 0.25) is 0 Å². The summed E-state index contributed by atoms with van der Waals surface area (Å²) in [4.78, 5) is 9.90. The molecule has 0 saturated carbocycles. The molecule has 0 spiro atoms. The van der Waals surface area contributed by atoms with Crippen molar-refractivity contribution in [2.24, 2.45) is 4.99 Å². The van der Waals surface area contributed by atoms with Crippen LogP contribution in [0.1, 0.15) is 36.6 Å². The number of nitrogens with zero attached hydrogens (tertiary/aromatic N) is 2. The van der Waals surface area contributed by atoms with E-state index in [1.165, 1.54) is 4.88 Å². The van der Waals surface area contributed by atoms with Crippen molar-refractivity contribution in [1.82, 2.24) is 15.6 Å². The largest absolute Gasteiger partial charge is 0.382 e. The zero-order chi connectivity index (χ0) is 14.6. The average Bonchev–Trinajstić information content (AvgIpc) is 2.94. The Morgan fingerprint density at radius 1 is 1.33 bits per heavy atom. The van der Waals surface area contributed by atoms with Crippen molar-refractivity contribution < 1.29 is 4.74 Å². The van der Waals surface area contributed by atoms with E-state index >= 15 is 0 Å². The van der Waals surface area contributed by atoms with Gasteiger partial charge in [0.05, 0.1) is 6.54 Å². The number of thiazole rings is 1. The number of aromatic nitrogens is 1. The van der Waals surface area contributed by atoms with Crippen LogP contribution < -0.4 is 10.6 Å². The molecule has 0 saturated heterocycles. The molecule has 0 aromatic carbocycles. The maximum atomic E-state index is 5.30. The van der Waals surface area contributed by atoms with E-state index in [2.05, 4.69) is 27.5 Å². The van der Waals surface area contributed by atoms with E-state index < -0.39 is 0 Å². The molecule has 1 aromatic heterocycles. The lowest BCUT2D eigenvalue weighted by Gasteiger charge is -2.10. The van der Waals surface area contributed by atoms with Gasteiger partial charge in [-0.05, 0) is 26.2 Å². The summed E-state index contributed by atoms with van der Waals surface area (Å²) in [6, 6.07) is 0. The molecular formula is C14H27IN4OS. The summed E-state index contributed by atoms with van der Waals surface area (Å²) in [5.74, 6) is 0.828. The fraction of sp³-hybridized carbons (Fsp3) is 0.714.